The Bertz CT molecular complexity index is 693. The lowest BCUT2D eigenvalue weighted by molar-refractivity contribution is -0.137. The van der Waals surface area contributed by atoms with Crippen LogP contribution in [0.4, 0.5) is 24.7 Å². The van der Waals surface area contributed by atoms with Gasteiger partial charge < -0.3 is 10.6 Å². The topological polar surface area (TPSA) is 60.7 Å². The summed E-state index contributed by atoms with van der Waals surface area (Å²) in [4.78, 5) is 4.13. The van der Waals surface area contributed by atoms with Crippen LogP contribution in [0.5, 0.6) is 0 Å². The molecule has 0 aliphatic rings. The van der Waals surface area contributed by atoms with Gasteiger partial charge in [0.2, 0.25) is 0 Å². The number of hydrogen-bond donors (Lipinski definition) is 2. The van der Waals surface area contributed by atoms with Gasteiger partial charge in [-0.2, -0.15) is 18.4 Å². The quantitative estimate of drug-likeness (QED) is 0.742. The van der Waals surface area contributed by atoms with Crippen molar-refractivity contribution in [2.45, 2.75) is 19.0 Å². The summed E-state index contributed by atoms with van der Waals surface area (Å²) in [6.45, 7) is 1.28. The molecule has 1 aromatic heterocycles. The number of unbranched alkanes of at least 4 members (excludes halogenated alkanes) is 1. The fourth-order valence-electron chi connectivity index (χ4n) is 2.15. The van der Waals surface area contributed by atoms with Crippen LogP contribution in [0.1, 0.15) is 24.0 Å². The van der Waals surface area contributed by atoms with E-state index in [2.05, 4.69) is 15.6 Å². The van der Waals surface area contributed by atoms with E-state index in [0.29, 0.717) is 12.2 Å². The first-order valence-corrected chi connectivity index (χ1v) is 7.51. The second-order valence-electron chi connectivity index (χ2n) is 5.15. The maximum atomic E-state index is 12.9. The molecule has 0 amide bonds. The van der Waals surface area contributed by atoms with Crippen molar-refractivity contribution in [2.24, 2.45) is 0 Å². The number of pyridine rings is 1. The smallest absolute Gasteiger partial charge is 0.385 e. The average molecular weight is 334 g/mol. The normalized spacial score (nSPS) is 10.9. The van der Waals surface area contributed by atoms with Crippen molar-refractivity contribution in [1.29, 1.82) is 5.26 Å². The Hall–Kier alpha value is -2.75. The maximum Gasteiger partial charge on any atom is 0.417 e. The minimum atomic E-state index is -4.53. The van der Waals surface area contributed by atoms with Crippen LogP contribution in [0.3, 0.4) is 0 Å². The van der Waals surface area contributed by atoms with Crippen molar-refractivity contribution in [2.75, 3.05) is 23.7 Å². The number of nitrogens with zero attached hydrogens (tertiary/aromatic N) is 2. The summed E-state index contributed by atoms with van der Waals surface area (Å²) in [6, 6.07) is 10.8. The molecular formula is C17H17F3N4. The third-order valence-electron chi connectivity index (χ3n) is 3.35. The van der Waals surface area contributed by atoms with Crippen LogP contribution in [0.25, 0.3) is 0 Å². The zero-order chi connectivity index (χ0) is 17.4. The van der Waals surface area contributed by atoms with Crippen molar-refractivity contribution >= 4 is 11.5 Å². The average Bonchev–Trinajstić information content (AvgIpc) is 2.58. The Balaban J connectivity index is 1.77. The molecular weight excluding hydrogens is 317 g/mol. The summed E-state index contributed by atoms with van der Waals surface area (Å²) in [6.07, 6.45) is -1.18. The highest BCUT2D eigenvalue weighted by atomic mass is 19.4. The van der Waals surface area contributed by atoms with Crippen LogP contribution in [0.2, 0.25) is 0 Å². The van der Waals surface area contributed by atoms with Crippen LogP contribution in [-0.2, 0) is 6.18 Å². The minimum Gasteiger partial charge on any atom is -0.385 e. The predicted molar refractivity (Wildman–Crippen MR) is 86.6 cm³/mol. The van der Waals surface area contributed by atoms with Crippen molar-refractivity contribution in [3.05, 3.63) is 53.7 Å². The highest BCUT2D eigenvalue weighted by Crippen LogP contribution is 2.33. The third-order valence-corrected chi connectivity index (χ3v) is 3.35. The molecule has 2 N–H and O–H groups in total. The number of nitrogens with one attached hydrogen (secondary N) is 2. The second kappa shape index (κ2) is 8.20. The molecule has 2 aromatic rings. The molecule has 0 bridgehead atoms. The summed E-state index contributed by atoms with van der Waals surface area (Å²) < 4.78 is 38.6. The van der Waals surface area contributed by atoms with Crippen LogP contribution in [-0.4, -0.2) is 18.1 Å². The van der Waals surface area contributed by atoms with Gasteiger partial charge in [-0.1, -0.05) is 6.07 Å². The predicted octanol–water partition coefficient (Wildman–Crippen LogP) is 4.28. The molecule has 4 nitrogen and oxygen atoms in total. The second-order valence-corrected chi connectivity index (χ2v) is 5.15. The minimum absolute atomic E-state index is 0.360. The molecule has 0 unspecified atom stereocenters. The standard InChI is InChI=1S/C17H17F3N4/c18-17(19,20)15-11-14(7-6-13(15)12-21)22-8-3-4-10-24-16-5-1-2-9-23-16/h1-2,5-7,9,11,22H,3-4,8,10H2,(H,23,24). The first kappa shape index (κ1) is 17.6. The molecule has 2 rings (SSSR count). The van der Waals surface area contributed by atoms with Gasteiger partial charge in [0.25, 0.3) is 0 Å². The molecule has 0 atom stereocenters. The Kier molecular flexibility index (Phi) is 6.01. The van der Waals surface area contributed by atoms with Gasteiger partial charge in [-0.05, 0) is 43.2 Å². The highest BCUT2D eigenvalue weighted by Gasteiger charge is 2.33. The maximum absolute atomic E-state index is 12.9. The first-order valence-electron chi connectivity index (χ1n) is 7.51. The number of aromatic nitrogens is 1. The van der Waals surface area contributed by atoms with E-state index >= 15 is 0 Å². The van der Waals surface area contributed by atoms with E-state index in [1.165, 1.54) is 12.1 Å². The SMILES string of the molecule is N#Cc1ccc(NCCCCNc2ccccn2)cc1C(F)(F)F. The van der Waals surface area contributed by atoms with E-state index in [1.807, 2.05) is 18.2 Å². The van der Waals surface area contributed by atoms with E-state index in [4.69, 9.17) is 5.26 Å². The van der Waals surface area contributed by atoms with Gasteiger partial charge in [-0.3, -0.25) is 0 Å². The number of halogens is 3. The largest absolute Gasteiger partial charge is 0.417 e. The lowest BCUT2D eigenvalue weighted by atomic mass is 10.1. The van der Waals surface area contributed by atoms with E-state index in [9.17, 15) is 13.2 Å². The Morgan fingerprint density at radius 1 is 1.04 bits per heavy atom. The van der Waals surface area contributed by atoms with E-state index in [-0.39, 0.29) is 5.56 Å². The zero-order valence-electron chi connectivity index (χ0n) is 12.9. The molecule has 0 aliphatic heterocycles. The molecule has 0 aliphatic carbocycles. The van der Waals surface area contributed by atoms with Crippen molar-refractivity contribution in [3.63, 3.8) is 0 Å². The number of anilines is 2. The first-order chi connectivity index (χ1) is 11.5. The molecule has 0 saturated heterocycles. The van der Waals surface area contributed by atoms with Crippen LogP contribution in [0, 0.1) is 11.3 Å². The van der Waals surface area contributed by atoms with Crippen LogP contribution < -0.4 is 10.6 Å². The molecule has 1 aromatic carbocycles. The van der Waals surface area contributed by atoms with Gasteiger partial charge in [0.15, 0.2) is 0 Å². The summed E-state index contributed by atoms with van der Waals surface area (Å²) in [5.74, 6) is 0.798. The Morgan fingerprint density at radius 3 is 2.42 bits per heavy atom. The zero-order valence-corrected chi connectivity index (χ0v) is 12.9. The van der Waals surface area contributed by atoms with Crippen LogP contribution in [0.15, 0.2) is 42.6 Å². The lowest BCUT2D eigenvalue weighted by Crippen LogP contribution is -2.10. The summed E-state index contributed by atoms with van der Waals surface area (Å²) in [7, 11) is 0. The fourth-order valence-corrected chi connectivity index (χ4v) is 2.15. The van der Waals surface area contributed by atoms with E-state index in [1.54, 1.807) is 12.3 Å². The van der Waals surface area contributed by atoms with Gasteiger partial charge in [0, 0.05) is 25.0 Å². The van der Waals surface area contributed by atoms with Crippen molar-refractivity contribution in [3.8, 4) is 6.07 Å². The van der Waals surface area contributed by atoms with Gasteiger partial charge in [-0.15, -0.1) is 0 Å². The van der Waals surface area contributed by atoms with E-state index in [0.717, 1.165) is 31.3 Å². The molecule has 0 radical (unpaired) electrons. The lowest BCUT2D eigenvalue weighted by Gasteiger charge is -2.12. The number of rotatable bonds is 7. The van der Waals surface area contributed by atoms with Crippen LogP contribution >= 0.6 is 0 Å². The summed E-state index contributed by atoms with van der Waals surface area (Å²) in [5.41, 5.74) is -0.918. The fraction of sp³-hybridized carbons (Fsp3) is 0.294. The van der Waals surface area contributed by atoms with Crippen molar-refractivity contribution in [1.82, 2.24) is 4.98 Å². The number of alkyl halides is 3. The summed E-state index contributed by atoms with van der Waals surface area (Å²) >= 11 is 0. The molecule has 0 fully saturated rings. The highest BCUT2D eigenvalue weighted by molar-refractivity contribution is 5.53. The molecule has 7 heteroatoms. The van der Waals surface area contributed by atoms with Gasteiger partial charge in [0.1, 0.15) is 5.82 Å². The third kappa shape index (κ3) is 5.16. The number of hydrogen-bond acceptors (Lipinski definition) is 4. The molecule has 0 spiro atoms. The molecule has 126 valence electrons. The Morgan fingerprint density at radius 2 is 1.79 bits per heavy atom. The van der Waals surface area contributed by atoms with Gasteiger partial charge >= 0.3 is 6.18 Å². The van der Waals surface area contributed by atoms with Crippen molar-refractivity contribution < 1.29 is 13.2 Å². The van der Waals surface area contributed by atoms with Gasteiger partial charge in [0.05, 0.1) is 17.2 Å². The molecule has 0 saturated carbocycles. The number of benzene rings is 1. The molecule has 24 heavy (non-hydrogen) atoms. The van der Waals surface area contributed by atoms with E-state index < -0.39 is 11.7 Å². The summed E-state index contributed by atoms with van der Waals surface area (Å²) in [5, 5.41) is 14.9. The van der Waals surface area contributed by atoms with Gasteiger partial charge in [-0.25, -0.2) is 4.98 Å². The monoisotopic (exact) mass is 334 g/mol. The Labute approximate surface area is 138 Å². The number of nitriles is 1. The molecule has 1 heterocycles.